The minimum atomic E-state index is -1.34. The van der Waals surface area contributed by atoms with Crippen LogP contribution in [0.4, 0.5) is 4.79 Å². The van der Waals surface area contributed by atoms with Crippen molar-refractivity contribution < 1.29 is 24.2 Å². The van der Waals surface area contributed by atoms with E-state index in [4.69, 9.17) is 9.47 Å². The minimum Gasteiger partial charge on any atom is -0.480 e. The molecule has 1 N–H and O–H groups in total. The predicted molar refractivity (Wildman–Crippen MR) is 75.8 cm³/mol. The molecule has 0 saturated carbocycles. The Kier molecular flexibility index (Phi) is 6.99. The van der Waals surface area contributed by atoms with Crippen LogP contribution in [-0.2, 0) is 14.3 Å². The summed E-state index contributed by atoms with van der Waals surface area (Å²) in [6.07, 6.45) is 0.244. The number of methoxy groups -OCH3 is 1. The molecule has 0 aromatic heterocycles. The average molecular weight is 289 g/mol. The monoisotopic (exact) mass is 289 g/mol. The summed E-state index contributed by atoms with van der Waals surface area (Å²) in [5.41, 5.74) is -2.00. The number of carbonyl (C=O) groups excluding carboxylic acids is 1. The molecule has 0 heterocycles. The second kappa shape index (κ2) is 7.47. The van der Waals surface area contributed by atoms with Crippen LogP contribution in [0, 0.1) is 0 Å². The number of hydrogen-bond acceptors (Lipinski definition) is 4. The van der Waals surface area contributed by atoms with Crippen molar-refractivity contribution in [3.8, 4) is 0 Å². The van der Waals surface area contributed by atoms with Gasteiger partial charge < -0.3 is 14.6 Å². The molecule has 1 atom stereocenters. The molecule has 0 spiro atoms. The molecule has 20 heavy (non-hydrogen) atoms. The van der Waals surface area contributed by atoms with Crippen LogP contribution in [0.2, 0.25) is 0 Å². The first-order valence-electron chi connectivity index (χ1n) is 6.81. The first kappa shape index (κ1) is 18.7. The first-order chi connectivity index (χ1) is 9.08. The van der Waals surface area contributed by atoms with Gasteiger partial charge in [-0.25, -0.2) is 9.59 Å². The third-order valence-corrected chi connectivity index (χ3v) is 2.91. The maximum absolute atomic E-state index is 12.3. The predicted octanol–water partition coefficient (Wildman–Crippen LogP) is 2.51. The lowest BCUT2D eigenvalue weighted by Crippen LogP contribution is -2.57. The van der Waals surface area contributed by atoms with Crippen molar-refractivity contribution in [3.63, 3.8) is 0 Å². The summed E-state index contributed by atoms with van der Waals surface area (Å²) in [7, 11) is 1.50. The molecule has 0 radical (unpaired) electrons. The lowest BCUT2D eigenvalue weighted by Gasteiger charge is -2.38. The third-order valence-electron chi connectivity index (χ3n) is 2.91. The van der Waals surface area contributed by atoms with Crippen molar-refractivity contribution in [1.29, 1.82) is 0 Å². The number of carbonyl (C=O) groups is 2. The summed E-state index contributed by atoms with van der Waals surface area (Å²) in [5.74, 6) is -1.06. The number of aliphatic carboxylic acids is 1. The lowest BCUT2D eigenvalue weighted by molar-refractivity contribution is -0.151. The van der Waals surface area contributed by atoms with E-state index in [2.05, 4.69) is 0 Å². The highest BCUT2D eigenvalue weighted by Gasteiger charge is 2.43. The highest BCUT2D eigenvalue weighted by atomic mass is 16.6. The zero-order chi connectivity index (χ0) is 16.0. The van der Waals surface area contributed by atoms with E-state index in [1.807, 2.05) is 6.92 Å². The number of hydrogen-bond donors (Lipinski definition) is 1. The molecule has 6 nitrogen and oxygen atoms in total. The van der Waals surface area contributed by atoms with Crippen LogP contribution >= 0.6 is 0 Å². The van der Waals surface area contributed by atoms with Gasteiger partial charge in [-0.1, -0.05) is 6.92 Å². The fourth-order valence-corrected chi connectivity index (χ4v) is 1.74. The Labute approximate surface area is 121 Å². The van der Waals surface area contributed by atoms with E-state index >= 15 is 0 Å². The number of carboxylic acids is 1. The van der Waals surface area contributed by atoms with Crippen molar-refractivity contribution in [3.05, 3.63) is 0 Å². The molecule has 0 aliphatic rings. The van der Waals surface area contributed by atoms with E-state index in [1.165, 1.54) is 18.9 Å². The number of rotatable bonds is 7. The number of nitrogens with zero attached hydrogens (tertiary/aromatic N) is 1. The van der Waals surface area contributed by atoms with Crippen molar-refractivity contribution in [2.45, 2.75) is 58.6 Å². The Morgan fingerprint density at radius 3 is 2.10 bits per heavy atom. The Morgan fingerprint density at radius 1 is 1.20 bits per heavy atom. The molecular weight excluding hydrogens is 262 g/mol. The number of amides is 1. The van der Waals surface area contributed by atoms with Crippen LogP contribution < -0.4 is 0 Å². The van der Waals surface area contributed by atoms with Crippen molar-refractivity contribution >= 4 is 12.1 Å². The smallest absolute Gasteiger partial charge is 0.411 e. The second-order valence-corrected chi connectivity index (χ2v) is 5.95. The normalized spacial score (nSPS) is 14.5. The quantitative estimate of drug-likeness (QED) is 0.779. The van der Waals surface area contributed by atoms with Crippen LogP contribution in [-0.4, -0.2) is 53.5 Å². The van der Waals surface area contributed by atoms with Crippen LogP contribution in [0.25, 0.3) is 0 Å². The van der Waals surface area contributed by atoms with Gasteiger partial charge in [0.1, 0.15) is 11.1 Å². The minimum absolute atomic E-state index is 0.206. The Morgan fingerprint density at radius 2 is 1.75 bits per heavy atom. The van der Waals surface area contributed by atoms with E-state index in [0.29, 0.717) is 13.0 Å². The van der Waals surface area contributed by atoms with E-state index in [1.54, 1.807) is 20.8 Å². The molecule has 0 aliphatic heterocycles. The van der Waals surface area contributed by atoms with Crippen molar-refractivity contribution in [1.82, 2.24) is 4.90 Å². The number of ether oxygens (including phenoxy) is 2. The molecule has 1 unspecified atom stereocenters. The van der Waals surface area contributed by atoms with Gasteiger partial charge in [0.2, 0.25) is 0 Å². The van der Waals surface area contributed by atoms with Crippen molar-refractivity contribution in [2.24, 2.45) is 0 Å². The topological polar surface area (TPSA) is 76.1 Å². The molecule has 0 saturated heterocycles. The van der Waals surface area contributed by atoms with Crippen LogP contribution in [0.5, 0.6) is 0 Å². The van der Waals surface area contributed by atoms with Crippen LogP contribution in [0.1, 0.15) is 47.5 Å². The molecule has 0 aromatic carbocycles. The van der Waals surface area contributed by atoms with Gasteiger partial charge in [0, 0.05) is 26.7 Å². The largest absolute Gasteiger partial charge is 0.480 e. The van der Waals surface area contributed by atoms with E-state index in [9.17, 15) is 14.7 Å². The zero-order valence-corrected chi connectivity index (χ0v) is 13.4. The molecule has 0 aliphatic carbocycles. The van der Waals surface area contributed by atoms with E-state index in [0.717, 1.165) is 0 Å². The fourth-order valence-electron chi connectivity index (χ4n) is 1.74. The maximum atomic E-state index is 12.3. The number of carboxylic acid groups (broad SMARTS) is 1. The van der Waals surface area contributed by atoms with Gasteiger partial charge >= 0.3 is 12.1 Å². The summed E-state index contributed by atoms with van der Waals surface area (Å²) in [5, 5.41) is 9.50. The third kappa shape index (κ3) is 5.36. The van der Waals surface area contributed by atoms with Crippen LogP contribution in [0.15, 0.2) is 0 Å². The molecule has 0 fully saturated rings. The maximum Gasteiger partial charge on any atom is 0.411 e. The molecule has 1 amide bonds. The highest BCUT2D eigenvalue weighted by molar-refractivity contribution is 5.84. The molecule has 118 valence electrons. The summed E-state index contributed by atoms with van der Waals surface area (Å²) in [4.78, 5) is 25.1. The van der Waals surface area contributed by atoms with E-state index in [-0.39, 0.29) is 13.0 Å². The second-order valence-electron chi connectivity index (χ2n) is 5.95. The van der Waals surface area contributed by atoms with Gasteiger partial charge in [-0.3, -0.25) is 4.90 Å². The van der Waals surface area contributed by atoms with Gasteiger partial charge in [-0.2, -0.15) is 0 Å². The Hall–Kier alpha value is -1.30. The summed E-state index contributed by atoms with van der Waals surface area (Å²) in [6.45, 7) is 9.24. The van der Waals surface area contributed by atoms with Gasteiger partial charge in [-0.05, 0) is 34.1 Å². The first-order valence-corrected chi connectivity index (χ1v) is 6.81. The lowest BCUT2D eigenvalue weighted by atomic mass is 9.96. The van der Waals surface area contributed by atoms with Crippen LogP contribution in [0.3, 0.4) is 0 Å². The van der Waals surface area contributed by atoms with Gasteiger partial charge in [0.05, 0.1) is 0 Å². The molecule has 0 bridgehead atoms. The van der Waals surface area contributed by atoms with Gasteiger partial charge in [-0.15, -0.1) is 0 Å². The fraction of sp³-hybridized carbons (Fsp3) is 0.857. The molecule has 0 aromatic rings. The Bertz CT molecular complexity index is 337. The highest BCUT2D eigenvalue weighted by Crippen LogP contribution is 2.23. The average Bonchev–Trinajstić information content (AvgIpc) is 2.30. The molecular formula is C14H27NO5. The summed E-state index contributed by atoms with van der Waals surface area (Å²) < 4.78 is 10.3. The summed E-state index contributed by atoms with van der Waals surface area (Å²) in [6, 6.07) is 0. The zero-order valence-electron chi connectivity index (χ0n) is 13.4. The molecule has 6 heteroatoms. The molecule has 0 rings (SSSR count). The van der Waals surface area contributed by atoms with Gasteiger partial charge in [0.15, 0.2) is 0 Å². The Balaban J connectivity index is 5.27. The standard InChI is InChI=1S/C14H27NO5/c1-7-9-15(12(18)20-13(2,3)4)14(5,11(16)17)8-10-19-6/h7-10H2,1-6H3,(H,16,17). The van der Waals surface area contributed by atoms with Gasteiger partial charge in [0.25, 0.3) is 0 Å². The summed E-state index contributed by atoms with van der Waals surface area (Å²) >= 11 is 0. The SMILES string of the molecule is CCCN(C(=O)OC(C)(C)C)C(C)(CCOC)C(=O)O. The van der Waals surface area contributed by atoms with Crippen molar-refractivity contribution in [2.75, 3.05) is 20.3 Å². The van der Waals surface area contributed by atoms with E-state index < -0.39 is 23.2 Å².